The molecule has 1 N–H and O–H groups in total. The molecule has 98 valence electrons. The number of halogens is 1. The molecule has 18 heavy (non-hydrogen) atoms. The number of aryl methyl sites for hydroxylation is 1. The lowest BCUT2D eigenvalue weighted by atomic mass is 9.94. The standard InChI is InChI=1S/C14H19ClN2O/c1-14(2,16-3)10-8-17(4)12-7-11(15)13(18-5)6-9(10)12/h6-8,16H,1-5H3. The van der Waals surface area contributed by atoms with Crippen LogP contribution in [0.3, 0.4) is 0 Å². The van der Waals surface area contributed by atoms with Gasteiger partial charge in [-0.05, 0) is 38.6 Å². The van der Waals surface area contributed by atoms with Crippen LogP contribution in [-0.2, 0) is 12.6 Å². The number of aromatic nitrogens is 1. The molecule has 1 heterocycles. The van der Waals surface area contributed by atoms with Crippen LogP contribution in [0.1, 0.15) is 19.4 Å². The summed E-state index contributed by atoms with van der Waals surface area (Å²) in [6.45, 7) is 4.31. The highest BCUT2D eigenvalue weighted by molar-refractivity contribution is 6.32. The van der Waals surface area contributed by atoms with Crippen LogP contribution in [0.25, 0.3) is 10.9 Å². The third kappa shape index (κ3) is 1.98. The molecule has 0 saturated heterocycles. The zero-order valence-electron chi connectivity index (χ0n) is 11.5. The molecule has 0 spiro atoms. The van der Waals surface area contributed by atoms with E-state index in [1.54, 1.807) is 7.11 Å². The van der Waals surface area contributed by atoms with Crippen molar-refractivity contribution in [3.63, 3.8) is 0 Å². The van der Waals surface area contributed by atoms with Gasteiger partial charge in [0.15, 0.2) is 0 Å². The van der Waals surface area contributed by atoms with E-state index in [9.17, 15) is 0 Å². The van der Waals surface area contributed by atoms with E-state index in [-0.39, 0.29) is 5.54 Å². The number of hydrogen-bond acceptors (Lipinski definition) is 2. The van der Waals surface area contributed by atoms with Gasteiger partial charge in [0, 0.05) is 29.7 Å². The molecular weight excluding hydrogens is 248 g/mol. The van der Waals surface area contributed by atoms with Crippen molar-refractivity contribution in [3.05, 3.63) is 28.9 Å². The molecule has 0 unspecified atom stereocenters. The van der Waals surface area contributed by atoms with E-state index in [0.717, 1.165) is 10.9 Å². The number of nitrogens with one attached hydrogen (secondary N) is 1. The summed E-state index contributed by atoms with van der Waals surface area (Å²) < 4.78 is 7.39. The zero-order valence-corrected chi connectivity index (χ0v) is 12.2. The number of hydrogen-bond donors (Lipinski definition) is 1. The molecule has 4 heteroatoms. The van der Waals surface area contributed by atoms with Crippen LogP contribution in [-0.4, -0.2) is 18.7 Å². The monoisotopic (exact) mass is 266 g/mol. The predicted octanol–water partition coefficient (Wildman–Crippen LogP) is 3.29. The Kier molecular flexibility index (Phi) is 3.30. The second-order valence-electron chi connectivity index (χ2n) is 5.03. The average molecular weight is 267 g/mol. The van der Waals surface area contributed by atoms with Crippen LogP contribution in [0.5, 0.6) is 5.75 Å². The molecule has 3 nitrogen and oxygen atoms in total. The van der Waals surface area contributed by atoms with E-state index in [1.807, 2.05) is 26.2 Å². The van der Waals surface area contributed by atoms with Crippen molar-refractivity contribution < 1.29 is 4.74 Å². The first kappa shape index (κ1) is 13.2. The molecule has 0 amide bonds. The molecule has 0 fully saturated rings. The summed E-state index contributed by atoms with van der Waals surface area (Å²) in [5.41, 5.74) is 2.25. The minimum atomic E-state index is -0.0989. The van der Waals surface area contributed by atoms with Crippen LogP contribution in [0.15, 0.2) is 18.3 Å². The number of ether oxygens (including phenoxy) is 1. The van der Waals surface area contributed by atoms with Gasteiger partial charge < -0.3 is 14.6 Å². The van der Waals surface area contributed by atoms with Crippen LogP contribution in [0.4, 0.5) is 0 Å². The fourth-order valence-corrected chi connectivity index (χ4v) is 2.41. The first-order chi connectivity index (χ1) is 8.40. The molecule has 1 aromatic heterocycles. The maximum atomic E-state index is 6.18. The highest BCUT2D eigenvalue weighted by atomic mass is 35.5. The van der Waals surface area contributed by atoms with E-state index in [1.165, 1.54) is 5.56 Å². The van der Waals surface area contributed by atoms with E-state index in [4.69, 9.17) is 16.3 Å². The normalized spacial score (nSPS) is 12.1. The Balaban J connectivity index is 2.77. The quantitative estimate of drug-likeness (QED) is 0.923. The SMILES string of the molecule is CNC(C)(C)c1cn(C)c2cc(Cl)c(OC)cc12. The van der Waals surface area contributed by atoms with Gasteiger partial charge in [-0.2, -0.15) is 0 Å². The van der Waals surface area contributed by atoms with Crippen LogP contribution in [0, 0.1) is 0 Å². The molecule has 0 aliphatic carbocycles. The summed E-state index contributed by atoms with van der Waals surface area (Å²) in [6, 6.07) is 3.96. The van der Waals surface area contributed by atoms with Gasteiger partial charge in [-0.1, -0.05) is 11.6 Å². The Morgan fingerprint density at radius 3 is 2.56 bits per heavy atom. The molecule has 2 aromatic rings. The summed E-state index contributed by atoms with van der Waals surface area (Å²) in [7, 11) is 5.63. The van der Waals surface area contributed by atoms with E-state index in [2.05, 4.69) is 29.9 Å². The lowest BCUT2D eigenvalue weighted by Crippen LogP contribution is -2.32. The summed E-state index contributed by atoms with van der Waals surface area (Å²) in [5, 5.41) is 5.13. The van der Waals surface area contributed by atoms with Gasteiger partial charge in [0.25, 0.3) is 0 Å². The van der Waals surface area contributed by atoms with Gasteiger partial charge in [-0.25, -0.2) is 0 Å². The van der Waals surface area contributed by atoms with Gasteiger partial charge in [0.2, 0.25) is 0 Å². The molecule has 0 aliphatic rings. The van der Waals surface area contributed by atoms with Crippen molar-refractivity contribution in [2.24, 2.45) is 7.05 Å². The van der Waals surface area contributed by atoms with E-state index < -0.39 is 0 Å². The Bertz CT molecular complexity index is 587. The first-order valence-corrected chi connectivity index (χ1v) is 6.30. The maximum absolute atomic E-state index is 6.18. The minimum absolute atomic E-state index is 0.0989. The fraction of sp³-hybridized carbons (Fsp3) is 0.429. The van der Waals surface area contributed by atoms with Crippen molar-refractivity contribution in [1.82, 2.24) is 9.88 Å². The second-order valence-corrected chi connectivity index (χ2v) is 5.44. The number of fused-ring (bicyclic) bond motifs is 1. The Labute approximate surface area is 113 Å². The molecule has 2 rings (SSSR count). The average Bonchev–Trinajstić information content (AvgIpc) is 2.66. The fourth-order valence-electron chi connectivity index (χ4n) is 2.17. The molecule has 0 aliphatic heterocycles. The summed E-state index contributed by atoms with van der Waals surface area (Å²) in [4.78, 5) is 0. The lowest BCUT2D eigenvalue weighted by Gasteiger charge is -2.23. The number of nitrogens with zero attached hydrogens (tertiary/aromatic N) is 1. The van der Waals surface area contributed by atoms with Gasteiger partial charge in [0.1, 0.15) is 5.75 Å². The summed E-state index contributed by atoms with van der Waals surface area (Å²) in [6.07, 6.45) is 2.14. The van der Waals surface area contributed by atoms with Crippen LogP contribution in [0.2, 0.25) is 5.02 Å². The summed E-state index contributed by atoms with van der Waals surface area (Å²) >= 11 is 6.18. The van der Waals surface area contributed by atoms with Crippen molar-refractivity contribution >= 4 is 22.5 Å². The van der Waals surface area contributed by atoms with E-state index >= 15 is 0 Å². The van der Waals surface area contributed by atoms with Crippen molar-refractivity contribution in [1.29, 1.82) is 0 Å². The van der Waals surface area contributed by atoms with Gasteiger partial charge in [-0.15, -0.1) is 0 Å². The van der Waals surface area contributed by atoms with Crippen molar-refractivity contribution in [2.45, 2.75) is 19.4 Å². The number of methoxy groups -OCH3 is 1. The molecule has 1 aromatic carbocycles. The maximum Gasteiger partial charge on any atom is 0.138 e. The molecule has 0 atom stereocenters. The summed E-state index contributed by atoms with van der Waals surface area (Å²) in [5.74, 6) is 0.712. The van der Waals surface area contributed by atoms with Crippen molar-refractivity contribution in [3.8, 4) is 5.75 Å². The molecule has 0 saturated carbocycles. The highest BCUT2D eigenvalue weighted by Gasteiger charge is 2.23. The van der Waals surface area contributed by atoms with Gasteiger partial charge in [0.05, 0.1) is 12.1 Å². The number of benzene rings is 1. The Morgan fingerprint density at radius 1 is 1.33 bits per heavy atom. The Hall–Kier alpha value is -1.19. The van der Waals surface area contributed by atoms with Gasteiger partial charge >= 0.3 is 0 Å². The first-order valence-electron chi connectivity index (χ1n) is 5.92. The van der Waals surface area contributed by atoms with E-state index in [0.29, 0.717) is 10.8 Å². The topological polar surface area (TPSA) is 26.2 Å². The molecular formula is C14H19ClN2O. The highest BCUT2D eigenvalue weighted by Crippen LogP contribution is 2.36. The predicted molar refractivity (Wildman–Crippen MR) is 76.6 cm³/mol. The lowest BCUT2D eigenvalue weighted by molar-refractivity contribution is 0.415. The van der Waals surface area contributed by atoms with Crippen LogP contribution >= 0.6 is 11.6 Å². The third-order valence-electron chi connectivity index (χ3n) is 3.56. The van der Waals surface area contributed by atoms with Gasteiger partial charge in [-0.3, -0.25) is 0 Å². The number of rotatable bonds is 3. The second kappa shape index (κ2) is 4.48. The Morgan fingerprint density at radius 2 is 2.00 bits per heavy atom. The third-order valence-corrected chi connectivity index (χ3v) is 3.86. The van der Waals surface area contributed by atoms with Crippen molar-refractivity contribution in [2.75, 3.05) is 14.2 Å². The molecule has 0 radical (unpaired) electrons. The van der Waals surface area contributed by atoms with Crippen LogP contribution < -0.4 is 10.1 Å². The largest absolute Gasteiger partial charge is 0.495 e. The zero-order chi connectivity index (χ0) is 13.5. The minimum Gasteiger partial charge on any atom is -0.495 e. The molecule has 0 bridgehead atoms. The smallest absolute Gasteiger partial charge is 0.138 e.